The zero-order chi connectivity index (χ0) is 67.2. The van der Waals surface area contributed by atoms with Gasteiger partial charge >= 0.3 is 5.97 Å². The predicted octanol–water partition coefficient (Wildman–Crippen LogP) is 9.16. The maximum Gasteiger partial charge on any atom is 0.308 e. The standard InChI is InChI=1S/C26H30N4O4.C25H31N5O3.C22H30N4O4/c1-16-2-8-22-21(10-16)26(29-34-22)27-12-25(31)28-19-13-30(14-19)20-6-3-17(4-7-20)18-5-9-23-24(11-18)33-15-32-23;1-16-3-6-22-21(11-16)24(29-33-22)27-13-23(31)28-19-14-30(15-19)20-7-9-25(32,10-8-20)18-5-4-17(2)26-12-18;1-3-29-22(28)15-5-7-17(8-6-15)26-12-16(13-26)24-20(27)11-23-21-18-10-14(2)4-9-19(18)30-25-21/h2,5,8-11,17,19-20H,3-4,6-7,12-15H2,1H3,(H,27,29)(H,28,31);3-6,11-12,19-20,32H,7-10,13-15H2,1-2H3,(H,27,29)(H,28,31);4,9-10,15-17H,3,5-8,11-13H2,1-2H3,(H,23,25)(H,24,27). The molecule has 0 atom stereocenters. The van der Waals surface area contributed by atoms with E-state index in [1.54, 1.807) is 0 Å². The Morgan fingerprint density at radius 2 is 0.959 bits per heavy atom. The smallest absolute Gasteiger partial charge is 0.308 e. The van der Waals surface area contributed by atoms with Gasteiger partial charge in [-0.05, 0) is 178 Å². The van der Waals surface area contributed by atoms with Crippen LogP contribution in [0.4, 0.5) is 17.5 Å². The zero-order valence-corrected chi connectivity index (χ0v) is 56.2. The van der Waals surface area contributed by atoms with Crippen molar-refractivity contribution in [3.8, 4) is 11.5 Å². The molecule has 3 saturated heterocycles. The summed E-state index contributed by atoms with van der Waals surface area (Å²) in [6.45, 7) is 16.4. The van der Waals surface area contributed by atoms with Crippen LogP contribution in [0.1, 0.15) is 123 Å². The maximum absolute atomic E-state index is 12.4. The van der Waals surface area contributed by atoms with E-state index in [4.69, 9.17) is 27.8 Å². The Hall–Kier alpha value is -8.84. The highest BCUT2D eigenvalue weighted by molar-refractivity contribution is 5.93. The number of fused-ring (bicyclic) bond motifs is 4. The Labute approximate surface area is 564 Å². The van der Waals surface area contributed by atoms with Gasteiger partial charge in [-0.25, -0.2) is 0 Å². The number of hydrogen-bond donors (Lipinski definition) is 7. The van der Waals surface area contributed by atoms with Crippen LogP contribution in [-0.2, 0) is 29.5 Å². The first kappa shape index (κ1) is 66.8. The van der Waals surface area contributed by atoms with Crippen LogP contribution in [0.2, 0.25) is 0 Å². The number of carbonyl (C=O) groups excluding carboxylic acids is 4. The molecule has 7 aliphatic rings. The van der Waals surface area contributed by atoms with Crippen LogP contribution in [0.15, 0.2) is 105 Å². The summed E-state index contributed by atoms with van der Waals surface area (Å²) in [6, 6.07) is 30.1. The largest absolute Gasteiger partial charge is 0.466 e. The SMILES string of the molecule is CCOC(=O)C1CCC(N2CC(NC(=O)CNc3noc4ccc(C)cc34)C2)CC1.Cc1ccc2onc(NCC(=O)NC3CN(C4CCC(O)(c5ccc(C)nc5)CC4)C3)c2c1.Cc1ccc2onc(NCC(=O)NC3CN(C4CCC(c5ccc6c(c5)OCO6)CC4)C3)c2c1. The Bertz CT molecular complexity index is 4040. The van der Waals surface area contributed by atoms with Gasteiger partial charge in [0.1, 0.15) is 0 Å². The molecule has 24 heteroatoms. The Balaban J connectivity index is 0.000000132. The summed E-state index contributed by atoms with van der Waals surface area (Å²) in [5.41, 5.74) is 7.95. The molecule has 7 N–H and O–H groups in total. The molecular formula is C73H91N13O11. The van der Waals surface area contributed by atoms with Crippen LogP contribution < -0.4 is 41.4 Å². The molecule has 24 nitrogen and oxygen atoms in total. The molecule has 4 aliphatic heterocycles. The van der Waals surface area contributed by atoms with Gasteiger partial charge in [-0.2, -0.15) is 0 Å². The highest BCUT2D eigenvalue weighted by atomic mass is 16.7. The van der Waals surface area contributed by atoms with Crippen LogP contribution in [-0.4, -0.2) is 173 Å². The first-order valence-corrected chi connectivity index (χ1v) is 34.7. The number of amides is 3. The first-order valence-electron chi connectivity index (χ1n) is 34.7. The van der Waals surface area contributed by atoms with E-state index in [1.165, 1.54) is 31.2 Å². The molecule has 8 aromatic rings. The summed E-state index contributed by atoms with van der Waals surface area (Å²) in [5.74, 6) is 4.02. The molecule has 514 valence electrons. The molecule has 3 aliphatic carbocycles. The maximum atomic E-state index is 12.4. The van der Waals surface area contributed by atoms with Gasteiger partial charge in [0.05, 0.1) is 72.0 Å². The van der Waals surface area contributed by atoms with Gasteiger partial charge in [0.2, 0.25) is 24.5 Å². The molecule has 3 amide bonds. The predicted molar refractivity (Wildman–Crippen MR) is 367 cm³/mol. The minimum atomic E-state index is -0.773. The number of ether oxygens (including phenoxy) is 3. The lowest BCUT2D eigenvalue weighted by atomic mass is 9.77. The fraction of sp³-hybridized carbons (Fsp3) is 0.507. The summed E-state index contributed by atoms with van der Waals surface area (Å²) < 4.78 is 32.0. The van der Waals surface area contributed by atoms with Gasteiger partial charge in [-0.1, -0.05) is 62.5 Å². The highest BCUT2D eigenvalue weighted by Crippen LogP contribution is 2.42. The number of esters is 1. The number of rotatable bonds is 19. The third-order valence-corrected chi connectivity index (χ3v) is 20.6. The van der Waals surface area contributed by atoms with Crippen LogP contribution in [0.5, 0.6) is 11.5 Å². The Kier molecular flexibility index (Phi) is 20.6. The van der Waals surface area contributed by atoms with E-state index in [0.717, 1.165) is 152 Å². The second-order valence-corrected chi connectivity index (χ2v) is 27.6. The van der Waals surface area contributed by atoms with E-state index in [-0.39, 0.29) is 67.4 Å². The molecule has 0 spiro atoms. The molecule has 8 heterocycles. The number of aryl methyl sites for hydroxylation is 4. The van der Waals surface area contributed by atoms with Crippen LogP contribution in [0, 0.1) is 33.6 Å². The Morgan fingerprint density at radius 1 is 0.526 bits per heavy atom. The molecule has 0 radical (unpaired) electrons. The summed E-state index contributed by atoms with van der Waals surface area (Å²) in [7, 11) is 0. The summed E-state index contributed by atoms with van der Waals surface area (Å²) >= 11 is 0. The van der Waals surface area contributed by atoms with Gasteiger partial charge in [0.15, 0.2) is 45.7 Å². The van der Waals surface area contributed by atoms with Crippen molar-refractivity contribution in [2.45, 2.75) is 159 Å². The summed E-state index contributed by atoms with van der Waals surface area (Å²) in [4.78, 5) is 60.7. The average Bonchev–Trinajstić information content (AvgIpc) is 1.81. The first-order chi connectivity index (χ1) is 47.0. The lowest BCUT2D eigenvalue weighted by Gasteiger charge is -2.48. The average molecular weight is 1330 g/mol. The van der Waals surface area contributed by atoms with Gasteiger partial charge in [0.25, 0.3) is 0 Å². The number of likely N-dealkylation sites (tertiary alicyclic amines) is 3. The van der Waals surface area contributed by atoms with Crippen molar-refractivity contribution < 1.29 is 52.1 Å². The van der Waals surface area contributed by atoms with Crippen molar-refractivity contribution in [2.75, 3.05) is 88.3 Å². The second kappa shape index (κ2) is 29.9. The van der Waals surface area contributed by atoms with Crippen LogP contribution in [0.3, 0.4) is 0 Å². The summed E-state index contributed by atoms with van der Waals surface area (Å²) in [6.07, 6.45) is 13.8. The molecule has 0 unspecified atom stereocenters. The zero-order valence-electron chi connectivity index (χ0n) is 56.2. The van der Waals surface area contributed by atoms with Crippen molar-refractivity contribution in [2.24, 2.45) is 5.92 Å². The van der Waals surface area contributed by atoms with Crippen molar-refractivity contribution in [3.63, 3.8) is 0 Å². The number of nitrogens with zero attached hydrogens (tertiary/aromatic N) is 7. The molecular weight excluding hydrogens is 1230 g/mol. The van der Waals surface area contributed by atoms with E-state index in [2.05, 4.69) is 79.2 Å². The van der Waals surface area contributed by atoms with Crippen molar-refractivity contribution in [3.05, 3.63) is 125 Å². The molecule has 4 aromatic carbocycles. The van der Waals surface area contributed by atoms with Crippen LogP contribution in [0.25, 0.3) is 32.9 Å². The third-order valence-electron chi connectivity index (χ3n) is 20.6. The monoisotopic (exact) mass is 1330 g/mol. The topological polar surface area (TPSA) is 289 Å². The molecule has 6 fully saturated rings. The van der Waals surface area contributed by atoms with Crippen molar-refractivity contribution in [1.29, 1.82) is 0 Å². The van der Waals surface area contributed by atoms with E-state index >= 15 is 0 Å². The number of pyridine rings is 1. The van der Waals surface area contributed by atoms with E-state index in [0.29, 0.717) is 66.1 Å². The van der Waals surface area contributed by atoms with Crippen molar-refractivity contribution >= 4 is 74.1 Å². The van der Waals surface area contributed by atoms with Gasteiger partial charge < -0.3 is 64.8 Å². The number of nitrogens with one attached hydrogen (secondary N) is 6. The fourth-order valence-corrected chi connectivity index (χ4v) is 14.9. The van der Waals surface area contributed by atoms with Crippen LogP contribution >= 0.6 is 0 Å². The second-order valence-electron chi connectivity index (χ2n) is 27.6. The number of benzene rings is 4. The molecule has 0 bridgehead atoms. The number of aromatic nitrogens is 4. The summed E-state index contributed by atoms with van der Waals surface area (Å²) in [5, 5.41) is 44.4. The minimum absolute atomic E-state index is 0.0139. The third kappa shape index (κ3) is 16.1. The molecule has 15 rings (SSSR count). The number of hydrogen-bond acceptors (Lipinski definition) is 21. The van der Waals surface area contributed by atoms with Crippen molar-refractivity contribution in [1.82, 2.24) is 51.1 Å². The number of anilines is 3. The van der Waals surface area contributed by atoms with Gasteiger partial charge in [-0.15, -0.1) is 0 Å². The molecule has 97 heavy (non-hydrogen) atoms. The molecule has 3 saturated carbocycles. The number of aliphatic hydroxyl groups is 1. The lowest BCUT2D eigenvalue weighted by molar-refractivity contribution is -0.149. The van der Waals surface area contributed by atoms with E-state index < -0.39 is 5.60 Å². The normalized spacial score (nSPS) is 23.0. The van der Waals surface area contributed by atoms with E-state index in [9.17, 15) is 24.3 Å². The van der Waals surface area contributed by atoms with E-state index in [1.807, 2.05) is 114 Å². The minimum Gasteiger partial charge on any atom is -0.466 e. The van der Waals surface area contributed by atoms with Gasteiger partial charge in [-0.3, -0.25) is 38.9 Å². The lowest BCUT2D eigenvalue weighted by Crippen LogP contribution is -2.63. The highest BCUT2D eigenvalue weighted by Gasteiger charge is 2.42. The Morgan fingerprint density at radius 3 is 1.39 bits per heavy atom. The van der Waals surface area contributed by atoms with Gasteiger partial charge in [0, 0.05) is 74.8 Å². The number of carbonyl (C=O) groups is 4. The molecule has 4 aromatic heterocycles. The fourth-order valence-electron chi connectivity index (χ4n) is 14.9. The quantitative estimate of drug-likeness (QED) is 0.0371.